The lowest BCUT2D eigenvalue weighted by atomic mass is 9.33. The zero-order chi connectivity index (χ0) is 78.5. The summed E-state index contributed by atoms with van der Waals surface area (Å²) in [5.41, 5.74) is 40.8. The molecule has 570 valence electrons. The Morgan fingerprint density at radius 3 is 1.30 bits per heavy atom. The van der Waals surface area contributed by atoms with E-state index in [2.05, 4.69) is 380 Å². The molecule has 21 rings (SSSR count). The number of hydrogen-bond donors (Lipinski definition) is 0. The van der Waals surface area contributed by atoms with Gasteiger partial charge in [0, 0.05) is 73.3 Å². The number of aromatic nitrogens is 1. The summed E-state index contributed by atoms with van der Waals surface area (Å²) < 4.78 is 2.55. The van der Waals surface area contributed by atoms with Crippen molar-refractivity contribution in [2.45, 2.75) is 150 Å². The predicted octanol–water partition coefficient (Wildman–Crippen LogP) is 29.0. The van der Waals surface area contributed by atoms with Gasteiger partial charge in [-0.25, -0.2) is 0 Å². The number of para-hydroxylation sites is 2. The third kappa shape index (κ3) is 12.3. The summed E-state index contributed by atoms with van der Waals surface area (Å²) in [5, 5.41) is 2.50. The lowest BCUT2D eigenvalue weighted by Gasteiger charge is -2.48. The Morgan fingerprint density at radius 2 is 0.819 bits per heavy atom. The summed E-state index contributed by atoms with van der Waals surface area (Å²) in [4.78, 5) is 5.66. The van der Waals surface area contributed by atoms with Crippen molar-refractivity contribution in [1.82, 2.24) is 4.57 Å². The van der Waals surface area contributed by atoms with Gasteiger partial charge < -0.3 is 14.4 Å². The topological polar surface area (TPSA) is 11.4 Å². The molecule has 3 heterocycles. The van der Waals surface area contributed by atoms with Gasteiger partial charge in [-0.3, -0.25) is 0 Å². The van der Waals surface area contributed by atoms with Crippen molar-refractivity contribution < 1.29 is 0 Å². The first-order valence-electron chi connectivity index (χ1n) is 43.5. The molecule has 116 heavy (non-hydrogen) atoms. The maximum atomic E-state index is 2.85. The smallest absolute Gasteiger partial charge is 0.252 e. The fourth-order valence-electron chi connectivity index (χ4n) is 21.8. The normalized spacial score (nSPS) is 18.6. The average Bonchev–Trinajstić information content (AvgIpc) is 0.700. The van der Waals surface area contributed by atoms with Crippen molar-refractivity contribution >= 4 is 84.6 Å². The molecule has 8 aliphatic rings. The van der Waals surface area contributed by atoms with E-state index in [4.69, 9.17) is 0 Å². The van der Waals surface area contributed by atoms with Crippen LogP contribution in [0.1, 0.15) is 167 Å². The Hall–Kier alpha value is -11.5. The van der Waals surface area contributed by atoms with E-state index in [-0.39, 0.29) is 28.9 Å². The highest BCUT2D eigenvalue weighted by Gasteiger charge is 2.49. The van der Waals surface area contributed by atoms with Crippen LogP contribution in [0.4, 0.5) is 34.1 Å². The molecule has 1 aromatic heterocycles. The minimum atomic E-state index is -0.232. The number of benzene rings is 12. The highest BCUT2D eigenvalue weighted by atomic mass is 15.2. The molecule has 0 amide bonds. The van der Waals surface area contributed by atoms with Crippen LogP contribution in [0.25, 0.3) is 88.7 Å². The summed E-state index contributed by atoms with van der Waals surface area (Å²) in [6, 6.07) is 105. The molecule has 0 bridgehead atoms. The van der Waals surface area contributed by atoms with Crippen molar-refractivity contribution in [2.75, 3.05) is 9.80 Å². The second-order valence-electron chi connectivity index (χ2n) is 38.0. The quantitative estimate of drug-likeness (QED) is 0.120. The Kier molecular flexibility index (Phi) is 17.6. The molecule has 2 fully saturated rings. The molecule has 2 aliphatic heterocycles. The zero-order valence-electron chi connectivity index (χ0n) is 69.0. The summed E-state index contributed by atoms with van der Waals surface area (Å²) in [6.45, 7) is 21.3. The van der Waals surface area contributed by atoms with Crippen molar-refractivity contribution in [3.63, 3.8) is 0 Å². The minimum absolute atomic E-state index is 0.0158. The molecular formula is C112H104BN3. The number of nitrogens with zero attached hydrogens (tertiary/aromatic N) is 3. The van der Waals surface area contributed by atoms with Gasteiger partial charge in [0.05, 0.1) is 22.4 Å². The molecule has 6 aliphatic carbocycles. The monoisotopic (exact) mass is 1500 g/mol. The van der Waals surface area contributed by atoms with Crippen LogP contribution in [0.3, 0.4) is 0 Å². The van der Waals surface area contributed by atoms with Gasteiger partial charge in [-0.1, -0.05) is 343 Å². The van der Waals surface area contributed by atoms with Crippen LogP contribution >= 0.6 is 0 Å². The molecule has 4 heteroatoms. The summed E-state index contributed by atoms with van der Waals surface area (Å²) in [7, 11) is 0. The summed E-state index contributed by atoms with van der Waals surface area (Å²) >= 11 is 0. The number of allylic oxidation sites excluding steroid dienone is 12. The highest BCUT2D eigenvalue weighted by molar-refractivity contribution is 7.00. The fourth-order valence-corrected chi connectivity index (χ4v) is 21.8. The standard InChI is InChI=1S/C112H104BN3/c1-110(2,3)85-53-50-73(51-54-85)83-67-103-107-104(68-83)116(109-94(76-40-24-14-25-41-76)63-82(72-34-18-11-19-35-72)64-95(109)77-42-26-15-27-43-77)102-70-88(114-99-46-30-28-44-89(99)90-45-29-31-47-100(90)114)55-57-98(102)113(107)97-56-52-78(91-65-84-60-86(111(4,5)6)58-79-48-49-80-59-87(112(7,8)9)69-96(91)106(80)105(79)84)66-101(97)115(103)108-92(74-36-20-12-21-37-74)61-81(71-32-16-10-17-33-71)62-93(108)75-38-22-13-23-39-75/h12-15,20-31,36-58,60-72,80,105-106H,10-11,16-19,32-35,59H2,1-9H3. The summed E-state index contributed by atoms with van der Waals surface area (Å²) in [6.07, 6.45) is 29.0. The minimum Gasteiger partial charge on any atom is -0.310 e. The fraction of sp³-hybridized carbons (Fsp3) is 0.250. The molecule has 0 saturated heterocycles. The largest absolute Gasteiger partial charge is 0.310 e. The molecule has 3 nitrogen and oxygen atoms in total. The second-order valence-corrected chi connectivity index (χ2v) is 38.0. The second kappa shape index (κ2) is 28.2. The van der Waals surface area contributed by atoms with E-state index in [1.807, 2.05) is 0 Å². The van der Waals surface area contributed by atoms with Gasteiger partial charge in [-0.15, -0.1) is 0 Å². The molecule has 0 N–H and O–H groups in total. The van der Waals surface area contributed by atoms with Crippen molar-refractivity contribution in [3.8, 4) is 61.3 Å². The first-order valence-corrected chi connectivity index (χ1v) is 43.5. The lowest BCUT2D eigenvalue weighted by Crippen LogP contribution is -2.61. The van der Waals surface area contributed by atoms with E-state index in [1.165, 1.54) is 248 Å². The predicted molar refractivity (Wildman–Crippen MR) is 495 cm³/mol. The Balaban J connectivity index is 0.937. The van der Waals surface area contributed by atoms with E-state index < -0.39 is 0 Å². The molecule has 0 spiro atoms. The summed E-state index contributed by atoms with van der Waals surface area (Å²) in [5.74, 6) is 1.85. The molecule has 2 saturated carbocycles. The van der Waals surface area contributed by atoms with Crippen LogP contribution in [-0.2, 0) is 5.41 Å². The van der Waals surface area contributed by atoms with Crippen LogP contribution in [0.2, 0.25) is 0 Å². The molecule has 13 aromatic rings. The van der Waals surface area contributed by atoms with Gasteiger partial charge in [0.15, 0.2) is 0 Å². The van der Waals surface area contributed by atoms with E-state index in [0.717, 1.165) is 12.1 Å². The maximum Gasteiger partial charge on any atom is 0.252 e. The number of rotatable bonds is 11. The third-order valence-electron chi connectivity index (χ3n) is 27.8. The molecule has 0 radical (unpaired) electrons. The average molecular weight is 1500 g/mol. The Bertz CT molecular complexity index is 6130. The Labute approximate surface area is 688 Å². The Morgan fingerprint density at radius 1 is 0.362 bits per heavy atom. The van der Waals surface area contributed by atoms with E-state index >= 15 is 0 Å². The van der Waals surface area contributed by atoms with Crippen LogP contribution in [0, 0.1) is 28.6 Å². The zero-order valence-corrected chi connectivity index (χ0v) is 69.0. The maximum absolute atomic E-state index is 2.85. The SMILES string of the molecule is CC(C)(C)C1=CC2=CC(c3ccc4c(c3)N(c3c(-c5ccccc5)cc(C5CCCCC5)cc3-c3ccccc3)c3cc(-c5ccc(C(C)(C)C)cc5)cc5c3B4c3ccc(-n4c6ccccc6c6ccccc64)cc3N5c3c(-c4ccccc4)cc(C4CCCCC4)cc3-c3ccccc3)=C3C=C(C(C)(C)C)CC4C=CC(=C1)C2C34. The van der Waals surface area contributed by atoms with Gasteiger partial charge >= 0.3 is 0 Å². The third-order valence-corrected chi connectivity index (χ3v) is 27.8. The number of hydrogen-bond acceptors (Lipinski definition) is 2. The van der Waals surface area contributed by atoms with Gasteiger partial charge in [-0.05, 0) is 233 Å². The van der Waals surface area contributed by atoms with E-state index in [0.29, 0.717) is 23.7 Å². The first-order chi connectivity index (χ1) is 56.4. The lowest BCUT2D eigenvalue weighted by molar-refractivity contribution is 0.329. The van der Waals surface area contributed by atoms with Crippen molar-refractivity contribution in [3.05, 3.63) is 353 Å². The molecule has 3 atom stereocenters. The van der Waals surface area contributed by atoms with Crippen molar-refractivity contribution in [2.24, 2.45) is 28.6 Å². The van der Waals surface area contributed by atoms with Crippen molar-refractivity contribution in [1.29, 1.82) is 0 Å². The van der Waals surface area contributed by atoms with Crippen LogP contribution in [0.15, 0.2) is 331 Å². The molecular weight excluding hydrogens is 1400 g/mol. The number of anilines is 6. The van der Waals surface area contributed by atoms with Crippen LogP contribution < -0.4 is 26.2 Å². The number of fused-ring (bicyclic) bond motifs is 7. The molecule has 12 aromatic carbocycles. The van der Waals surface area contributed by atoms with E-state index in [9.17, 15) is 0 Å². The van der Waals surface area contributed by atoms with Gasteiger partial charge in [-0.2, -0.15) is 0 Å². The van der Waals surface area contributed by atoms with Gasteiger partial charge in [0.1, 0.15) is 0 Å². The molecule has 3 unspecified atom stereocenters. The van der Waals surface area contributed by atoms with E-state index in [1.54, 1.807) is 0 Å². The van der Waals surface area contributed by atoms with Crippen LogP contribution in [-0.4, -0.2) is 11.3 Å². The van der Waals surface area contributed by atoms with Gasteiger partial charge in [0.25, 0.3) is 6.71 Å². The van der Waals surface area contributed by atoms with Crippen LogP contribution in [0.5, 0.6) is 0 Å². The highest BCUT2D eigenvalue weighted by Crippen LogP contribution is 2.60. The van der Waals surface area contributed by atoms with Gasteiger partial charge in [0.2, 0.25) is 0 Å². The first kappa shape index (κ1) is 72.3.